The Kier molecular flexibility index (Phi) is 3.68. The third-order valence-electron chi connectivity index (χ3n) is 3.09. The molecule has 1 N–H and O–H groups in total. The molecule has 0 saturated heterocycles. The molecule has 1 aliphatic rings. The topological polar surface area (TPSA) is 35.8 Å². The van der Waals surface area contributed by atoms with Crippen LogP contribution < -0.4 is 5.32 Å². The summed E-state index contributed by atoms with van der Waals surface area (Å²) in [6.07, 6.45) is 0. The van der Waals surface area contributed by atoms with Crippen LogP contribution in [0.5, 0.6) is 0 Å². The van der Waals surface area contributed by atoms with Crippen LogP contribution in [0.4, 0.5) is 5.69 Å². The number of nitrogens with one attached hydrogen (secondary N) is 1. The standard InChI is InChI=1S/C16H11ClN2S/c17-12-7-5-11(6-8-12)13(9-18)15-10-20-16-4-2-1-3-14(16)19-15/h1-8,19H,10H2/b15-13-. The lowest BCUT2D eigenvalue weighted by Crippen LogP contribution is -2.10. The average Bonchev–Trinajstić information content (AvgIpc) is 2.50. The van der Waals surface area contributed by atoms with E-state index in [1.807, 2.05) is 30.3 Å². The first-order chi connectivity index (χ1) is 9.78. The summed E-state index contributed by atoms with van der Waals surface area (Å²) in [6, 6.07) is 17.8. The fourth-order valence-corrected chi connectivity index (χ4v) is 3.19. The monoisotopic (exact) mass is 298 g/mol. The molecule has 0 fully saturated rings. The minimum atomic E-state index is 0.670. The van der Waals surface area contributed by atoms with Gasteiger partial charge in [-0.15, -0.1) is 11.8 Å². The molecule has 1 aliphatic heterocycles. The van der Waals surface area contributed by atoms with Crippen molar-refractivity contribution in [1.29, 1.82) is 5.26 Å². The van der Waals surface area contributed by atoms with E-state index in [1.54, 1.807) is 23.9 Å². The van der Waals surface area contributed by atoms with Gasteiger partial charge in [0.1, 0.15) is 6.07 Å². The molecular formula is C16H11ClN2S. The van der Waals surface area contributed by atoms with Crippen LogP contribution in [-0.4, -0.2) is 5.75 Å². The lowest BCUT2D eigenvalue weighted by molar-refractivity contribution is 1.29. The number of anilines is 1. The molecule has 2 nitrogen and oxygen atoms in total. The number of para-hydroxylation sites is 1. The molecule has 4 heteroatoms. The summed E-state index contributed by atoms with van der Waals surface area (Å²) in [4.78, 5) is 1.21. The predicted molar refractivity (Wildman–Crippen MR) is 84.8 cm³/mol. The van der Waals surface area contributed by atoms with Gasteiger partial charge in [-0.3, -0.25) is 0 Å². The fourth-order valence-electron chi connectivity index (χ4n) is 2.10. The normalized spacial score (nSPS) is 15.8. The molecule has 2 aromatic rings. The van der Waals surface area contributed by atoms with Gasteiger partial charge in [-0.1, -0.05) is 35.9 Å². The molecule has 0 aromatic heterocycles. The number of fused-ring (bicyclic) bond motifs is 1. The van der Waals surface area contributed by atoms with Gasteiger partial charge in [0, 0.05) is 21.4 Å². The molecule has 3 rings (SSSR count). The molecule has 0 aliphatic carbocycles. The summed E-state index contributed by atoms with van der Waals surface area (Å²) in [7, 11) is 0. The molecule has 2 aromatic carbocycles. The summed E-state index contributed by atoms with van der Waals surface area (Å²) < 4.78 is 0. The van der Waals surface area contributed by atoms with Crippen molar-refractivity contribution in [3.8, 4) is 6.07 Å². The molecule has 0 unspecified atom stereocenters. The van der Waals surface area contributed by atoms with Crippen LogP contribution in [0.25, 0.3) is 5.57 Å². The van der Waals surface area contributed by atoms with Crippen molar-refractivity contribution < 1.29 is 0 Å². The zero-order valence-electron chi connectivity index (χ0n) is 10.6. The van der Waals surface area contributed by atoms with Gasteiger partial charge < -0.3 is 5.32 Å². The Morgan fingerprint density at radius 3 is 2.65 bits per heavy atom. The third-order valence-corrected chi connectivity index (χ3v) is 4.44. The summed E-state index contributed by atoms with van der Waals surface area (Å²) in [5.74, 6) is 0.766. The van der Waals surface area contributed by atoms with Crippen molar-refractivity contribution in [3.05, 3.63) is 64.8 Å². The highest BCUT2D eigenvalue weighted by atomic mass is 35.5. The van der Waals surface area contributed by atoms with Crippen molar-refractivity contribution >= 4 is 34.6 Å². The first-order valence-electron chi connectivity index (χ1n) is 6.16. The Morgan fingerprint density at radius 2 is 1.90 bits per heavy atom. The number of nitrogens with zero attached hydrogens (tertiary/aromatic N) is 1. The smallest absolute Gasteiger partial charge is 0.102 e. The highest BCUT2D eigenvalue weighted by Crippen LogP contribution is 2.36. The lowest BCUT2D eigenvalue weighted by Gasteiger charge is -2.21. The average molecular weight is 299 g/mol. The quantitative estimate of drug-likeness (QED) is 0.769. The Labute approximate surface area is 127 Å². The number of rotatable bonds is 1. The van der Waals surface area contributed by atoms with Crippen molar-refractivity contribution in [2.45, 2.75) is 4.90 Å². The second kappa shape index (κ2) is 5.62. The number of halogens is 1. The van der Waals surface area contributed by atoms with Crippen LogP contribution in [0.15, 0.2) is 59.1 Å². The van der Waals surface area contributed by atoms with Crippen molar-refractivity contribution in [1.82, 2.24) is 0 Å². The number of hydrogen-bond donors (Lipinski definition) is 1. The van der Waals surface area contributed by atoms with Crippen molar-refractivity contribution in [2.24, 2.45) is 0 Å². The number of nitriles is 1. The Morgan fingerprint density at radius 1 is 1.15 bits per heavy atom. The van der Waals surface area contributed by atoms with E-state index in [-0.39, 0.29) is 0 Å². The fraction of sp³-hybridized carbons (Fsp3) is 0.0625. The number of benzene rings is 2. The summed E-state index contributed by atoms with van der Waals surface area (Å²) in [5, 5.41) is 13.5. The Hall–Kier alpha value is -1.89. The summed E-state index contributed by atoms with van der Waals surface area (Å²) >= 11 is 7.63. The van der Waals surface area contributed by atoms with Gasteiger partial charge in [0.15, 0.2) is 0 Å². The molecule has 20 heavy (non-hydrogen) atoms. The molecule has 0 spiro atoms. The second-order valence-electron chi connectivity index (χ2n) is 4.38. The highest BCUT2D eigenvalue weighted by molar-refractivity contribution is 7.99. The minimum Gasteiger partial charge on any atom is -0.356 e. The van der Waals surface area contributed by atoms with Gasteiger partial charge in [0.25, 0.3) is 0 Å². The van der Waals surface area contributed by atoms with Gasteiger partial charge >= 0.3 is 0 Å². The lowest BCUT2D eigenvalue weighted by atomic mass is 10.1. The van der Waals surface area contributed by atoms with Gasteiger partial charge in [0.05, 0.1) is 11.3 Å². The molecular weight excluding hydrogens is 288 g/mol. The van der Waals surface area contributed by atoms with Crippen LogP contribution in [0.2, 0.25) is 5.02 Å². The van der Waals surface area contributed by atoms with Gasteiger partial charge in [0.2, 0.25) is 0 Å². The minimum absolute atomic E-state index is 0.670. The molecule has 0 radical (unpaired) electrons. The zero-order chi connectivity index (χ0) is 13.9. The molecule has 0 bridgehead atoms. The van der Waals surface area contributed by atoms with Crippen LogP contribution in [-0.2, 0) is 0 Å². The van der Waals surface area contributed by atoms with Crippen molar-refractivity contribution in [3.63, 3.8) is 0 Å². The highest BCUT2D eigenvalue weighted by Gasteiger charge is 2.16. The first-order valence-corrected chi connectivity index (χ1v) is 7.52. The first kappa shape index (κ1) is 13.1. The summed E-state index contributed by atoms with van der Waals surface area (Å²) in [5.41, 5.74) is 3.56. The van der Waals surface area contributed by atoms with E-state index >= 15 is 0 Å². The maximum absolute atomic E-state index is 9.46. The van der Waals surface area contributed by atoms with Gasteiger partial charge in [-0.05, 0) is 29.8 Å². The summed E-state index contributed by atoms with van der Waals surface area (Å²) in [6.45, 7) is 0. The molecule has 0 saturated carbocycles. The largest absolute Gasteiger partial charge is 0.356 e. The third kappa shape index (κ3) is 2.53. The van der Waals surface area contributed by atoms with Gasteiger partial charge in [-0.25, -0.2) is 0 Å². The molecule has 0 amide bonds. The van der Waals surface area contributed by atoms with E-state index in [2.05, 4.69) is 17.5 Å². The Balaban J connectivity index is 2.01. The van der Waals surface area contributed by atoms with Gasteiger partial charge in [-0.2, -0.15) is 5.26 Å². The number of allylic oxidation sites excluding steroid dienone is 1. The van der Waals surface area contributed by atoms with E-state index in [0.717, 1.165) is 22.7 Å². The van der Waals surface area contributed by atoms with Crippen LogP contribution in [0.3, 0.4) is 0 Å². The number of hydrogen-bond acceptors (Lipinski definition) is 3. The van der Waals surface area contributed by atoms with E-state index < -0.39 is 0 Å². The van der Waals surface area contributed by atoms with E-state index in [1.165, 1.54) is 4.90 Å². The second-order valence-corrected chi connectivity index (χ2v) is 5.84. The predicted octanol–water partition coefficient (Wildman–Crippen LogP) is 4.79. The van der Waals surface area contributed by atoms with Crippen LogP contribution in [0.1, 0.15) is 5.56 Å². The van der Waals surface area contributed by atoms with E-state index in [4.69, 9.17) is 11.6 Å². The maximum Gasteiger partial charge on any atom is 0.102 e. The van der Waals surface area contributed by atoms with E-state index in [0.29, 0.717) is 10.6 Å². The van der Waals surface area contributed by atoms with E-state index in [9.17, 15) is 5.26 Å². The molecule has 98 valence electrons. The van der Waals surface area contributed by atoms with Crippen LogP contribution in [0, 0.1) is 11.3 Å². The van der Waals surface area contributed by atoms with Crippen LogP contribution >= 0.6 is 23.4 Å². The Bertz CT molecular complexity index is 714. The van der Waals surface area contributed by atoms with Crippen molar-refractivity contribution in [2.75, 3.05) is 11.1 Å². The molecule has 0 atom stereocenters. The zero-order valence-corrected chi connectivity index (χ0v) is 12.1. The SMILES string of the molecule is N#C/C(=C1\CSc2ccccc2N1)c1ccc(Cl)cc1. The maximum atomic E-state index is 9.46. The molecule has 1 heterocycles. The number of thioether (sulfide) groups is 1.